The van der Waals surface area contributed by atoms with Gasteiger partial charge in [-0.1, -0.05) is 28.1 Å². The standard InChI is InChI=1S/C16H11BrN2O4.C2H4/c17-9-4-6-12-14-8(9)2-1-3-10(14)19(16(22)23-12)11-5-7-13(20)18-15(11)21;1-2/h1-4,6,11H,5,7H2,(H,18,20,21);1-2H2. The summed E-state index contributed by atoms with van der Waals surface area (Å²) in [7, 11) is 0. The first kappa shape index (κ1) is 17.2. The molecule has 1 N–H and O–H groups in total. The molecule has 4 rings (SSSR count). The number of benzene rings is 2. The quantitative estimate of drug-likeness (QED) is 0.584. The van der Waals surface area contributed by atoms with Crippen molar-refractivity contribution in [3.63, 3.8) is 0 Å². The van der Waals surface area contributed by atoms with E-state index in [4.69, 9.17) is 4.74 Å². The summed E-state index contributed by atoms with van der Waals surface area (Å²) in [5.41, 5.74) is 0.615. The summed E-state index contributed by atoms with van der Waals surface area (Å²) in [5.74, 6) is -0.334. The normalized spacial score (nSPS) is 19.0. The van der Waals surface area contributed by atoms with Crippen LogP contribution in [0.4, 0.5) is 10.5 Å². The lowest BCUT2D eigenvalue weighted by Crippen LogP contribution is -2.56. The molecule has 1 fully saturated rings. The van der Waals surface area contributed by atoms with Gasteiger partial charge in [-0.05, 0) is 24.6 Å². The van der Waals surface area contributed by atoms with E-state index in [0.29, 0.717) is 11.4 Å². The van der Waals surface area contributed by atoms with Crippen molar-refractivity contribution in [3.8, 4) is 5.75 Å². The largest absolute Gasteiger partial charge is 0.420 e. The minimum atomic E-state index is -0.752. The van der Waals surface area contributed by atoms with Crippen LogP contribution >= 0.6 is 15.9 Å². The highest BCUT2D eigenvalue weighted by Gasteiger charge is 2.39. The van der Waals surface area contributed by atoms with Gasteiger partial charge in [0.2, 0.25) is 11.8 Å². The molecule has 2 aliphatic heterocycles. The molecule has 2 aromatic carbocycles. The van der Waals surface area contributed by atoms with Crippen molar-refractivity contribution >= 4 is 50.3 Å². The maximum absolute atomic E-state index is 12.4. The Hall–Kier alpha value is -2.67. The van der Waals surface area contributed by atoms with E-state index in [2.05, 4.69) is 34.4 Å². The van der Waals surface area contributed by atoms with E-state index in [-0.39, 0.29) is 18.7 Å². The van der Waals surface area contributed by atoms with Crippen LogP contribution in [0.3, 0.4) is 0 Å². The lowest BCUT2D eigenvalue weighted by Gasteiger charge is -2.35. The fourth-order valence-electron chi connectivity index (χ4n) is 3.07. The first-order valence-electron chi connectivity index (χ1n) is 7.62. The van der Waals surface area contributed by atoms with E-state index in [9.17, 15) is 14.4 Å². The Kier molecular flexibility index (Phi) is 4.59. The minimum absolute atomic E-state index is 0.196. The van der Waals surface area contributed by atoms with Crippen molar-refractivity contribution in [1.29, 1.82) is 0 Å². The molecular weight excluding hydrogens is 388 g/mol. The molecule has 0 radical (unpaired) electrons. The van der Waals surface area contributed by atoms with Crippen LogP contribution < -0.4 is 15.0 Å². The Labute approximate surface area is 152 Å². The number of nitrogens with zero attached hydrogens (tertiary/aromatic N) is 1. The van der Waals surface area contributed by atoms with Gasteiger partial charge in [0.15, 0.2) is 0 Å². The van der Waals surface area contributed by atoms with Gasteiger partial charge >= 0.3 is 6.09 Å². The van der Waals surface area contributed by atoms with E-state index in [0.717, 1.165) is 15.2 Å². The van der Waals surface area contributed by atoms with Gasteiger partial charge in [0.05, 0.1) is 5.69 Å². The molecule has 2 aliphatic rings. The molecule has 6 nitrogen and oxygen atoms in total. The second-order valence-corrected chi connectivity index (χ2v) is 6.30. The van der Waals surface area contributed by atoms with Crippen LogP contribution in [0.5, 0.6) is 5.75 Å². The molecule has 0 aliphatic carbocycles. The number of carbonyl (C=O) groups is 3. The summed E-state index contributed by atoms with van der Waals surface area (Å²) < 4.78 is 6.28. The van der Waals surface area contributed by atoms with Gasteiger partial charge in [0.25, 0.3) is 0 Å². The van der Waals surface area contributed by atoms with Crippen LogP contribution in [0.2, 0.25) is 0 Å². The number of hydrogen-bond acceptors (Lipinski definition) is 4. The van der Waals surface area contributed by atoms with Crippen molar-refractivity contribution in [2.45, 2.75) is 18.9 Å². The van der Waals surface area contributed by atoms with Gasteiger partial charge in [0.1, 0.15) is 11.8 Å². The molecule has 128 valence electrons. The molecule has 7 heteroatoms. The van der Waals surface area contributed by atoms with Crippen molar-refractivity contribution in [1.82, 2.24) is 5.32 Å². The molecule has 3 amide bonds. The second-order valence-electron chi connectivity index (χ2n) is 5.45. The third kappa shape index (κ3) is 2.80. The fraction of sp³-hybridized carbons (Fsp3) is 0.167. The Morgan fingerprint density at radius 3 is 2.64 bits per heavy atom. The number of halogens is 1. The molecule has 0 aromatic heterocycles. The number of anilines is 1. The third-order valence-corrected chi connectivity index (χ3v) is 4.79. The zero-order chi connectivity index (χ0) is 18.1. The number of amides is 3. The minimum Gasteiger partial charge on any atom is -0.409 e. The predicted molar refractivity (Wildman–Crippen MR) is 97.6 cm³/mol. The monoisotopic (exact) mass is 402 g/mol. The van der Waals surface area contributed by atoms with Gasteiger partial charge in [-0.2, -0.15) is 0 Å². The van der Waals surface area contributed by atoms with Gasteiger partial charge in [-0.25, -0.2) is 4.79 Å². The molecule has 1 saturated heterocycles. The number of piperidine rings is 1. The molecule has 2 aromatic rings. The van der Waals surface area contributed by atoms with Gasteiger partial charge in [-0.15, -0.1) is 13.2 Å². The summed E-state index contributed by atoms with van der Waals surface area (Å²) in [6, 6.07) is 8.30. The zero-order valence-corrected chi connectivity index (χ0v) is 14.8. The van der Waals surface area contributed by atoms with Crippen molar-refractivity contribution in [3.05, 3.63) is 48.0 Å². The maximum Gasteiger partial charge on any atom is 0.420 e. The number of ether oxygens (including phenoxy) is 1. The number of nitrogens with one attached hydrogen (secondary N) is 1. The summed E-state index contributed by atoms with van der Waals surface area (Å²) in [6.07, 6.45) is -0.136. The third-order valence-electron chi connectivity index (χ3n) is 4.10. The second kappa shape index (κ2) is 6.68. The van der Waals surface area contributed by atoms with Gasteiger partial charge < -0.3 is 4.74 Å². The van der Waals surface area contributed by atoms with Crippen LogP contribution in [0, 0.1) is 0 Å². The maximum atomic E-state index is 12.4. The number of carbonyl (C=O) groups excluding carboxylic acids is 3. The van der Waals surface area contributed by atoms with E-state index in [1.807, 2.05) is 18.2 Å². The molecule has 25 heavy (non-hydrogen) atoms. The molecule has 0 bridgehead atoms. The predicted octanol–water partition coefficient (Wildman–Crippen LogP) is 3.53. The Morgan fingerprint density at radius 1 is 1.16 bits per heavy atom. The van der Waals surface area contributed by atoms with E-state index in [1.54, 1.807) is 12.1 Å². The van der Waals surface area contributed by atoms with Crippen molar-refractivity contribution in [2.75, 3.05) is 4.90 Å². The molecule has 1 atom stereocenters. The molecular formula is C18H15BrN2O4. The highest BCUT2D eigenvalue weighted by molar-refractivity contribution is 9.10. The smallest absolute Gasteiger partial charge is 0.409 e. The summed E-state index contributed by atoms with van der Waals surface area (Å²) in [6.45, 7) is 6.00. The van der Waals surface area contributed by atoms with E-state index >= 15 is 0 Å². The summed E-state index contributed by atoms with van der Waals surface area (Å²) >= 11 is 3.49. The van der Waals surface area contributed by atoms with Crippen LogP contribution in [-0.4, -0.2) is 23.9 Å². The SMILES string of the molecule is C=C.O=C1CCC(N2C(=O)Oc3ccc(Br)c4cccc2c34)C(=O)N1. The van der Waals surface area contributed by atoms with Crippen LogP contribution in [0.1, 0.15) is 12.8 Å². The molecule has 0 spiro atoms. The van der Waals surface area contributed by atoms with Crippen LogP contribution in [0.15, 0.2) is 48.0 Å². The van der Waals surface area contributed by atoms with Crippen molar-refractivity contribution < 1.29 is 19.1 Å². The molecule has 0 saturated carbocycles. The Bertz CT molecular complexity index is 896. The Balaban J connectivity index is 0.000000880. The lowest BCUT2D eigenvalue weighted by atomic mass is 10.0. The van der Waals surface area contributed by atoms with Crippen molar-refractivity contribution in [2.24, 2.45) is 0 Å². The summed E-state index contributed by atoms with van der Waals surface area (Å²) in [5, 5.41) is 3.94. The Morgan fingerprint density at radius 2 is 1.92 bits per heavy atom. The zero-order valence-electron chi connectivity index (χ0n) is 13.3. The average molecular weight is 403 g/mol. The lowest BCUT2D eigenvalue weighted by molar-refractivity contribution is -0.134. The highest BCUT2D eigenvalue weighted by atomic mass is 79.9. The van der Waals surface area contributed by atoms with E-state index < -0.39 is 18.0 Å². The number of imide groups is 1. The first-order valence-corrected chi connectivity index (χ1v) is 8.41. The fourth-order valence-corrected chi connectivity index (χ4v) is 3.53. The van der Waals surface area contributed by atoms with Gasteiger partial charge in [0, 0.05) is 21.7 Å². The van der Waals surface area contributed by atoms with Crippen LogP contribution in [-0.2, 0) is 9.59 Å². The number of rotatable bonds is 1. The molecule has 1 unspecified atom stereocenters. The van der Waals surface area contributed by atoms with Gasteiger partial charge in [-0.3, -0.25) is 19.8 Å². The topological polar surface area (TPSA) is 75.7 Å². The summed E-state index contributed by atoms with van der Waals surface area (Å²) in [4.78, 5) is 37.3. The average Bonchev–Trinajstić information content (AvgIpc) is 2.61. The number of hydrogen-bond donors (Lipinski definition) is 1. The van der Waals surface area contributed by atoms with Crippen LogP contribution in [0.25, 0.3) is 10.8 Å². The highest BCUT2D eigenvalue weighted by Crippen LogP contribution is 2.42. The first-order chi connectivity index (χ1) is 12.1. The van der Waals surface area contributed by atoms with E-state index in [1.165, 1.54) is 4.90 Å². The molecule has 2 heterocycles.